The monoisotopic (exact) mass is 436 g/mol. The number of amides is 3. The molecule has 0 aromatic carbocycles. The summed E-state index contributed by atoms with van der Waals surface area (Å²) in [4.78, 5) is 57.9. The summed E-state index contributed by atoms with van der Waals surface area (Å²) in [5.74, 6) is -4.32. The highest BCUT2D eigenvalue weighted by Gasteiger charge is 2.31. The van der Waals surface area contributed by atoms with Crippen molar-refractivity contribution in [1.29, 1.82) is 0 Å². The van der Waals surface area contributed by atoms with Crippen LogP contribution in [0.5, 0.6) is 0 Å². The maximum absolute atomic E-state index is 12.5. The van der Waals surface area contributed by atoms with Crippen LogP contribution in [0.25, 0.3) is 0 Å². The minimum atomic E-state index is -1.44. The van der Waals surface area contributed by atoms with Gasteiger partial charge < -0.3 is 37.0 Å². The highest BCUT2D eigenvalue weighted by Crippen LogP contribution is 2.04. The molecule has 0 aliphatic heterocycles. The molecule has 0 aliphatic rings. The molecule has 0 aromatic rings. The van der Waals surface area contributed by atoms with Crippen LogP contribution >= 0.6 is 11.8 Å². The Morgan fingerprint density at radius 3 is 2.07 bits per heavy atom. The van der Waals surface area contributed by atoms with E-state index in [9.17, 15) is 29.1 Å². The molecular formula is C16H28N4O8S. The van der Waals surface area contributed by atoms with Crippen molar-refractivity contribution in [2.75, 3.05) is 18.6 Å². The van der Waals surface area contributed by atoms with Crippen LogP contribution in [0.4, 0.5) is 0 Å². The highest BCUT2D eigenvalue weighted by atomic mass is 32.2. The molecule has 0 bridgehead atoms. The molecule has 0 heterocycles. The fourth-order valence-corrected chi connectivity index (χ4v) is 2.60. The van der Waals surface area contributed by atoms with Gasteiger partial charge in [-0.25, -0.2) is 0 Å². The SMILES string of the molecule is CSCCC(NC(=O)C(NC(=O)C(N)CCC(=O)O)C(C)O)C(=O)NCC(=O)O. The minimum absolute atomic E-state index is 0.163. The Labute approximate surface area is 172 Å². The number of rotatable bonds is 14. The number of aliphatic hydroxyl groups excluding tert-OH is 1. The fraction of sp³-hybridized carbons (Fsp3) is 0.688. The van der Waals surface area contributed by atoms with E-state index >= 15 is 0 Å². The number of nitrogens with one attached hydrogen (secondary N) is 3. The van der Waals surface area contributed by atoms with Gasteiger partial charge in [-0.1, -0.05) is 0 Å². The Hall–Kier alpha value is -2.38. The molecular weight excluding hydrogens is 408 g/mol. The number of thioether (sulfide) groups is 1. The Morgan fingerprint density at radius 2 is 1.59 bits per heavy atom. The van der Waals surface area contributed by atoms with Crippen LogP contribution in [-0.4, -0.2) is 87.8 Å². The largest absolute Gasteiger partial charge is 0.481 e. The van der Waals surface area contributed by atoms with Crippen LogP contribution in [0, 0.1) is 0 Å². The van der Waals surface area contributed by atoms with E-state index in [4.69, 9.17) is 15.9 Å². The first-order chi connectivity index (χ1) is 13.5. The van der Waals surface area contributed by atoms with E-state index in [1.807, 2.05) is 0 Å². The first-order valence-electron chi connectivity index (χ1n) is 8.74. The first-order valence-corrected chi connectivity index (χ1v) is 10.1. The zero-order valence-corrected chi connectivity index (χ0v) is 17.0. The maximum Gasteiger partial charge on any atom is 0.322 e. The van der Waals surface area contributed by atoms with Gasteiger partial charge >= 0.3 is 11.9 Å². The number of carboxylic acids is 2. The summed E-state index contributed by atoms with van der Waals surface area (Å²) in [7, 11) is 0. The minimum Gasteiger partial charge on any atom is -0.481 e. The van der Waals surface area contributed by atoms with Crippen molar-refractivity contribution in [3.63, 3.8) is 0 Å². The lowest BCUT2D eigenvalue weighted by Crippen LogP contribution is -2.59. The van der Waals surface area contributed by atoms with E-state index in [1.165, 1.54) is 18.7 Å². The lowest BCUT2D eigenvalue weighted by Gasteiger charge is -2.25. The van der Waals surface area contributed by atoms with Gasteiger partial charge in [0.05, 0.1) is 12.1 Å². The Morgan fingerprint density at radius 1 is 0.966 bits per heavy atom. The van der Waals surface area contributed by atoms with Gasteiger partial charge in [0.25, 0.3) is 0 Å². The van der Waals surface area contributed by atoms with Crippen LogP contribution in [-0.2, 0) is 24.0 Å². The van der Waals surface area contributed by atoms with E-state index in [0.717, 1.165) is 0 Å². The van der Waals surface area contributed by atoms with E-state index in [-0.39, 0.29) is 19.3 Å². The third-order valence-electron chi connectivity index (χ3n) is 3.73. The maximum atomic E-state index is 12.5. The summed E-state index contributed by atoms with van der Waals surface area (Å²) in [6.45, 7) is 0.619. The standard InChI is InChI=1S/C16H28N4O8S/c1-8(21)13(20-14(26)9(17)3-4-11(22)23)16(28)19-10(5-6-29-2)15(27)18-7-12(24)25/h8-10,13,21H,3-7,17H2,1-2H3,(H,18,27)(H,19,28)(H,20,26)(H,22,23)(H,24,25). The molecule has 0 aliphatic carbocycles. The Bertz CT molecular complexity index is 601. The zero-order chi connectivity index (χ0) is 22.6. The summed E-state index contributed by atoms with van der Waals surface area (Å²) in [6, 6.07) is -3.72. The molecule has 166 valence electrons. The molecule has 0 saturated heterocycles. The second-order valence-corrected chi connectivity index (χ2v) is 7.21. The van der Waals surface area contributed by atoms with Gasteiger partial charge in [0, 0.05) is 6.42 Å². The molecule has 0 spiro atoms. The lowest BCUT2D eigenvalue weighted by molar-refractivity contribution is -0.139. The predicted octanol–water partition coefficient (Wildman–Crippen LogP) is -2.52. The van der Waals surface area contributed by atoms with Crippen LogP contribution in [0.3, 0.4) is 0 Å². The van der Waals surface area contributed by atoms with Gasteiger partial charge in [-0.15, -0.1) is 0 Å². The zero-order valence-electron chi connectivity index (χ0n) is 16.2. The van der Waals surface area contributed by atoms with Gasteiger partial charge in [0.2, 0.25) is 17.7 Å². The summed E-state index contributed by atoms with van der Waals surface area (Å²) in [6.07, 6.45) is 0.126. The van der Waals surface area contributed by atoms with E-state index in [1.54, 1.807) is 6.26 Å². The molecule has 0 saturated carbocycles. The van der Waals surface area contributed by atoms with Crippen LogP contribution < -0.4 is 21.7 Å². The molecule has 4 atom stereocenters. The molecule has 29 heavy (non-hydrogen) atoms. The molecule has 13 heteroatoms. The fourth-order valence-electron chi connectivity index (χ4n) is 2.13. The third-order valence-corrected chi connectivity index (χ3v) is 4.37. The van der Waals surface area contributed by atoms with Crippen molar-refractivity contribution in [3.05, 3.63) is 0 Å². The average Bonchev–Trinajstić information content (AvgIpc) is 2.64. The second-order valence-electron chi connectivity index (χ2n) is 6.22. The summed E-state index contributed by atoms with van der Waals surface area (Å²) < 4.78 is 0. The number of hydrogen-bond donors (Lipinski definition) is 7. The van der Waals surface area contributed by atoms with Gasteiger partial charge in [-0.05, 0) is 31.8 Å². The number of carbonyl (C=O) groups is 5. The van der Waals surface area contributed by atoms with E-state index in [2.05, 4.69) is 16.0 Å². The topological polar surface area (TPSA) is 208 Å². The number of aliphatic hydroxyl groups is 1. The molecule has 3 amide bonds. The predicted molar refractivity (Wildman–Crippen MR) is 104 cm³/mol. The highest BCUT2D eigenvalue weighted by molar-refractivity contribution is 7.98. The number of hydrogen-bond acceptors (Lipinski definition) is 8. The van der Waals surface area contributed by atoms with Crippen LogP contribution in [0.2, 0.25) is 0 Å². The normalized spacial score (nSPS) is 14.8. The first kappa shape index (κ1) is 26.6. The van der Waals surface area contributed by atoms with Crippen molar-refractivity contribution in [2.45, 2.75) is 50.4 Å². The van der Waals surface area contributed by atoms with Crippen molar-refractivity contribution >= 4 is 41.4 Å². The van der Waals surface area contributed by atoms with Crippen LogP contribution in [0.15, 0.2) is 0 Å². The number of carboxylic acid groups (broad SMARTS) is 2. The smallest absolute Gasteiger partial charge is 0.322 e. The molecule has 0 aromatic heterocycles. The lowest BCUT2D eigenvalue weighted by atomic mass is 10.1. The quantitative estimate of drug-likeness (QED) is 0.152. The third kappa shape index (κ3) is 11.3. The Kier molecular flexibility index (Phi) is 12.6. The van der Waals surface area contributed by atoms with Gasteiger partial charge in [-0.3, -0.25) is 24.0 Å². The molecule has 8 N–H and O–H groups in total. The number of carbonyl (C=O) groups excluding carboxylic acids is 3. The number of aliphatic carboxylic acids is 2. The summed E-state index contributed by atoms with van der Waals surface area (Å²) in [5, 5.41) is 33.9. The van der Waals surface area contributed by atoms with E-state index < -0.39 is 60.4 Å². The molecule has 12 nitrogen and oxygen atoms in total. The van der Waals surface area contributed by atoms with Gasteiger partial charge in [-0.2, -0.15) is 11.8 Å². The molecule has 0 rings (SSSR count). The Balaban J connectivity index is 5.08. The molecule has 4 unspecified atom stereocenters. The van der Waals surface area contributed by atoms with Crippen molar-refractivity contribution in [3.8, 4) is 0 Å². The summed E-state index contributed by atoms with van der Waals surface area (Å²) >= 11 is 1.40. The second kappa shape index (κ2) is 13.7. The van der Waals surface area contributed by atoms with Crippen molar-refractivity contribution < 1.29 is 39.3 Å². The van der Waals surface area contributed by atoms with Gasteiger partial charge in [0.15, 0.2) is 0 Å². The number of nitrogens with two attached hydrogens (primary N) is 1. The molecule has 0 fully saturated rings. The van der Waals surface area contributed by atoms with Gasteiger partial charge in [0.1, 0.15) is 18.6 Å². The average molecular weight is 436 g/mol. The van der Waals surface area contributed by atoms with Crippen LogP contribution in [0.1, 0.15) is 26.2 Å². The van der Waals surface area contributed by atoms with Crippen molar-refractivity contribution in [2.24, 2.45) is 5.73 Å². The van der Waals surface area contributed by atoms with E-state index in [0.29, 0.717) is 5.75 Å². The van der Waals surface area contributed by atoms with Crippen molar-refractivity contribution in [1.82, 2.24) is 16.0 Å². The molecule has 0 radical (unpaired) electrons. The summed E-state index contributed by atoms with van der Waals surface area (Å²) in [5.41, 5.74) is 5.59.